The lowest BCUT2D eigenvalue weighted by Gasteiger charge is -1.94. The monoisotopic (exact) mass is 295 g/mol. The summed E-state index contributed by atoms with van der Waals surface area (Å²) in [5.74, 6) is 0.832. The lowest BCUT2D eigenvalue weighted by molar-refractivity contribution is 0.101. The molecule has 2 heterocycles. The van der Waals surface area contributed by atoms with Gasteiger partial charge < -0.3 is 4.52 Å². The van der Waals surface area contributed by atoms with Crippen molar-refractivity contribution in [3.05, 3.63) is 17.5 Å². The van der Waals surface area contributed by atoms with E-state index in [1.807, 2.05) is 6.07 Å². The van der Waals surface area contributed by atoms with Crippen molar-refractivity contribution >= 4 is 34.1 Å². The zero-order valence-corrected chi connectivity index (χ0v) is 11.5. The van der Waals surface area contributed by atoms with Crippen LogP contribution in [0.25, 0.3) is 0 Å². The van der Waals surface area contributed by atoms with E-state index in [4.69, 9.17) is 9.78 Å². The molecule has 0 fully saturated rings. The van der Waals surface area contributed by atoms with Gasteiger partial charge in [-0.1, -0.05) is 28.3 Å². The minimum Gasteiger partial charge on any atom is -0.361 e. The number of amides is 1. The second kappa shape index (κ2) is 6.31. The molecule has 0 aliphatic rings. The van der Waals surface area contributed by atoms with Crippen LogP contribution < -0.4 is 5.32 Å². The van der Waals surface area contributed by atoms with Crippen LogP contribution >= 0.6 is 23.1 Å². The van der Waals surface area contributed by atoms with Crippen molar-refractivity contribution in [2.45, 2.75) is 17.7 Å². The molecule has 0 aliphatic carbocycles. The standard InChI is InChI=1S/C10H9N5O2S2/c1-6-5-7(15-17-6)8(16)12-9-13-14-10(19-9)18-4-2-3-11/h5H,2,4H2,1H3,(H,12,13,16). The second-order valence-corrected chi connectivity index (χ2v) is 5.73. The van der Waals surface area contributed by atoms with Crippen LogP contribution in [0.1, 0.15) is 22.7 Å². The van der Waals surface area contributed by atoms with Crippen LogP contribution in [0.4, 0.5) is 5.13 Å². The smallest absolute Gasteiger partial charge is 0.279 e. The van der Waals surface area contributed by atoms with Gasteiger partial charge in [0.1, 0.15) is 5.76 Å². The maximum absolute atomic E-state index is 11.8. The van der Waals surface area contributed by atoms with Crippen LogP contribution in [-0.2, 0) is 0 Å². The number of carbonyl (C=O) groups excluding carboxylic acids is 1. The number of hydrogen-bond donors (Lipinski definition) is 1. The number of nitrogens with one attached hydrogen (secondary N) is 1. The molecule has 0 saturated heterocycles. The molecule has 0 atom stereocenters. The van der Waals surface area contributed by atoms with Gasteiger partial charge in [-0.15, -0.1) is 10.2 Å². The summed E-state index contributed by atoms with van der Waals surface area (Å²) in [5.41, 5.74) is 0.200. The number of anilines is 1. The van der Waals surface area contributed by atoms with E-state index >= 15 is 0 Å². The molecule has 0 bridgehead atoms. The van der Waals surface area contributed by atoms with E-state index in [-0.39, 0.29) is 11.6 Å². The summed E-state index contributed by atoms with van der Waals surface area (Å²) in [5, 5.41) is 22.8. The van der Waals surface area contributed by atoms with E-state index in [1.165, 1.54) is 23.1 Å². The van der Waals surface area contributed by atoms with Gasteiger partial charge >= 0.3 is 0 Å². The third-order valence-corrected chi connectivity index (χ3v) is 3.90. The fourth-order valence-corrected chi connectivity index (χ4v) is 2.80. The van der Waals surface area contributed by atoms with Crippen molar-refractivity contribution in [2.24, 2.45) is 0 Å². The van der Waals surface area contributed by atoms with Crippen molar-refractivity contribution < 1.29 is 9.32 Å². The molecule has 7 nitrogen and oxygen atoms in total. The summed E-state index contributed by atoms with van der Waals surface area (Å²) >= 11 is 2.68. The van der Waals surface area contributed by atoms with Crippen LogP contribution in [0.3, 0.4) is 0 Å². The highest BCUT2D eigenvalue weighted by Gasteiger charge is 2.13. The largest absolute Gasteiger partial charge is 0.361 e. The highest BCUT2D eigenvalue weighted by Crippen LogP contribution is 2.26. The Hall–Kier alpha value is -1.92. The van der Waals surface area contributed by atoms with Gasteiger partial charge in [0.15, 0.2) is 10.0 Å². The molecule has 0 unspecified atom stereocenters. The molecular formula is C10H9N5O2S2. The fourth-order valence-electron chi connectivity index (χ4n) is 1.14. The first-order chi connectivity index (χ1) is 9.19. The SMILES string of the molecule is Cc1cc(C(=O)Nc2nnc(SCCC#N)s2)no1. The molecule has 1 amide bonds. The van der Waals surface area contributed by atoms with Crippen LogP contribution in [0.5, 0.6) is 0 Å². The van der Waals surface area contributed by atoms with Crippen molar-refractivity contribution in [1.82, 2.24) is 15.4 Å². The van der Waals surface area contributed by atoms with Crippen LogP contribution in [0.15, 0.2) is 14.9 Å². The third-order valence-electron chi connectivity index (χ3n) is 1.93. The van der Waals surface area contributed by atoms with Crippen molar-refractivity contribution in [3.63, 3.8) is 0 Å². The van der Waals surface area contributed by atoms with E-state index in [2.05, 4.69) is 20.7 Å². The molecule has 2 aromatic rings. The Morgan fingerprint density at radius 1 is 1.63 bits per heavy atom. The molecule has 2 aromatic heterocycles. The van der Waals surface area contributed by atoms with Gasteiger partial charge in [-0.05, 0) is 6.92 Å². The minimum absolute atomic E-state index is 0.200. The molecule has 19 heavy (non-hydrogen) atoms. The first kappa shape index (κ1) is 13.5. The zero-order chi connectivity index (χ0) is 13.7. The number of nitrogens with zero attached hydrogens (tertiary/aromatic N) is 4. The number of rotatable bonds is 5. The minimum atomic E-state index is -0.387. The van der Waals surface area contributed by atoms with E-state index in [0.717, 1.165) is 0 Å². The van der Waals surface area contributed by atoms with Gasteiger partial charge in [-0.2, -0.15) is 5.26 Å². The molecule has 1 N–H and O–H groups in total. The van der Waals surface area contributed by atoms with Crippen LogP contribution in [0, 0.1) is 18.3 Å². The fraction of sp³-hybridized carbons (Fsp3) is 0.300. The first-order valence-electron chi connectivity index (χ1n) is 5.27. The molecule has 0 spiro atoms. The summed E-state index contributed by atoms with van der Waals surface area (Å²) in [7, 11) is 0. The molecule has 0 saturated carbocycles. The normalized spacial score (nSPS) is 10.1. The number of nitriles is 1. The maximum Gasteiger partial charge on any atom is 0.279 e. The molecular weight excluding hydrogens is 286 g/mol. The van der Waals surface area contributed by atoms with Crippen LogP contribution in [0.2, 0.25) is 0 Å². The quantitative estimate of drug-likeness (QED) is 0.511. The van der Waals surface area contributed by atoms with E-state index in [9.17, 15) is 4.79 Å². The Morgan fingerprint density at radius 2 is 2.47 bits per heavy atom. The lowest BCUT2D eigenvalue weighted by Crippen LogP contribution is -2.11. The van der Waals surface area contributed by atoms with E-state index < -0.39 is 0 Å². The van der Waals surface area contributed by atoms with E-state index in [1.54, 1.807) is 13.0 Å². The number of thioether (sulfide) groups is 1. The molecule has 9 heteroatoms. The highest BCUT2D eigenvalue weighted by molar-refractivity contribution is 8.01. The average Bonchev–Trinajstić information content (AvgIpc) is 2.99. The van der Waals surface area contributed by atoms with E-state index in [0.29, 0.717) is 27.4 Å². The van der Waals surface area contributed by atoms with Crippen LogP contribution in [-0.4, -0.2) is 27.0 Å². The number of carbonyl (C=O) groups is 1. The Kier molecular flexibility index (Phi) is 4.48. The summed E-state index contributed by atoms with van der Waals surface area (Å²) in [4.78, 5) is 11.8. The maximum atomic E-state index is 11.8. The first-order valence-corrected chi connectivity index (χ1v) is 7.07. The van der Waals surface area contributed by atoms with Gasteiger partial charge in [-0.25, -0.2) is 0 Å². The molecule has 98 valence electrons. The van der Waals surface area contributed by atoms with Gasteiger partial charge in [0.2, 0.25) is 5.13 Å². The van der Waals surface area contributed by atoms with Gasteiger partial charge in [0.25, 0.3) is 5.91 Å². The Morgan fingerprint density at radius 3 is 3.16 bits per heavy atom. The lowest BCUT2D eigenvalue weighted by atomic mass is 10.4. The Bertz CT molecular complexity index is 615. The predicted octanol–water partition coefficient (Wildman–Crippen LogP) is 2.09. The summed E-state index contributed by atoms with van der Waals surface area (Å²) in [6, 6.07) is 3.59. The van der Waals surface area contributed by atoms with Crippen molar-refractivity contribution in [3.8, 4) is 6.07 Å². The average molecular weight is 295 g/mol. The van der Waals surface area contributed by atoms with Gasteiger partial charge in [0.05, 0.1) is 6.07 Å². The third kappa shape index (κ3) is 3.77. The second-order valence-electron chi connectivity index (χ2n) is 3.41. The summed E-state index contributed by atoms with van der Waals surface area (Å²) in [6.45, 7) is 1.71. The molecule has 0 radical (unpaired) electrons. The topological polar surface area (TPSA) is 105 Å². The Labute approximate surface area is 117 Å². The summed E-state index contributed by atoms with van der Waals surface area (Å²) in [6.07, 6.45) is 0.449. The number of aromatic nitrogens is 3. The predicted molar refractivity (Wildman–Crippen MR) is 70.1 cm³/mol. The number of hydrogen-bond acceptors (Lipinski definition) is 8. The molecule has 2 rings (SSSR count). The molecule has 0 aromatic carbocycles. The van der Waals surface area contributed by atoms with Gasteiger partial charge in [-0.3, -0.25) is 10.1 Å². The zero-order valence-electron chi connectivity index (χ0n) is 9.91. The Balaban J connectivity index is 1.93. The van der Waals surface area contributed by atoms with Crippen molar-refractivity contribution in [2.75, 3.05) is 11.1 Å². The van der Waals surface area contributed by atoms with Crippen molar-refractivity contribution in [1.29, 1.82) is 5.26 Å². The summed E-state index contributed by atoms with van der Waals surface area (Å²) < 4.78 is 5.53. The highest BCUT2D eigenvalue weighted by atomic mass is 32.2. The molecule has 0 aliphatic heterocycles. The van der Waals surface area contributed by atoms with Gasteiger partial charge in [0, 0.05) is 18.2 Å². The number of aryl methyl sites for hydroxylation is 1.